The van der Waals surface area contributed by atoms with Crippen LogP contribution in [0.15, 0.2) is 60.9 Å². The molecular weight excluding hydrogens is 347 g/mol. The van der Waals surface area contributed by atoms with Crippen molar-refractivity contribution < 1.29 is 13.9 Å². The molecule has 138 valence electrons. The first-order valence-corrected chi connectivity index (χ1v) is 8.42. The van der Waals surface area contributed by atoms with Gasteiger partial charge in [-0.1, -0.05) is 0 Å². The molecule has 0 atom stereocenters. The highest BCUT2D eigenvalue weighted by Gasteiger charge is 2.08. The lowest BCUT2D eigenvalue weighted by Gasteiger charge is -2.10. The largest absolute Gasteiger partial charge is 0.491 e. The van der Waals surface area contributed by atoms with Gasteiger partial charge in [-0.2, -0.15) is 0 Å². The monoisotopic (exact) mass is 366 g/mol. The van der Waals surface area contributed by atoms with Gasteiger partial charge in [-0.3, -0.25) is 4.79 Å². The SMILES string of the molecule is CC(C)Oc1ccc(Nc2ncc(C(=O)Nc3ccc(F)cc3)cn2)cc1. The molecule has 1 amide bonds. The normalized spacial score (nSPS) is 10.5. The van der Waals surface area contributed by atoms with Crippen molar-refractivity contribution >= 4 is 23.2 Å². The summed E-state index contributed by atoms with van der Waals surface area (Å²) in [5, 5.41) is 5.71. The number of nitrogens with zero attached hydrogens (tertiary/aromatic N) is 2. The number of amides is 1. The third kappa shape index (κ3) is 5.24. The molecule has 0 aliphatic rings. The molecule has 7 heteroatoms. The topological polar surface area (TPSA) is 76.1 Å². The summed E-state index contributed by atoms with van der Waals surface area (Å²) in [5.74, 6) is 0.411. The van der Waals surface area contributed by atoms with Crippen molar-refractivity contribution in [1.82, 2.24) is 9.97 Å². The molecule has 3 aromatic rings. The predicted octanol–water partition coefficient (Wildman–Crippen LogP) is 4.40. The fourth-order valence-corrected chi connectivity index (χ4v) is 2.26. The van der Waals surface area contributed by atoms with Crippen LogP contribution in [-0.4, -0.2) is 22.0 Å². The van der Waals surface area contributed by atoms with Crippen LogP contribution in [0.4, 0.5) is 21.7 Å². The first-order valence-electron chi connectivity index (χ1n) is 8.42. The fraction of sp³-hybridized carbons (Fsp3) is 0.150. The molecule has 0 fully saturated rings. The summed E-state index contributed by atoms with van der Waals surface area (Å²) in [6.07, 6.45) is 2.95. The molecule has 0 saturated carbocycles. The molecular formula is C20H19FN4O2. The van der Waals surface area contributed by atoms with Gasteiger partial charge in [0.05, 0.1) is 11.7 Å². The van der Waals surface area contributed by atoms with Crippen molar-refractivity contribution in [1.29, 1.82) is 0 Å². The van der Waals surface area contributed by atoms with Crippen molar-refractivity contribution in [2.75, 3.05) is 10.6 Å². The van der Waals surface area contributed by atoms with Gasteiger partial charge in [-0.25, -0.2) is 14.4 Å². The Labute approximate surface area is 156 Å². The molecule has 0 spiro atoms. The van der Waals surface area contributed by atoms with E-state index < -0.39 is 0 Å². The third-order valence-electron chi connectivity index (χ3n) is 3.50. The summed E-state index contributed by atoms with van der Waals surface area (Å²) in [6.45, 7) is 3.93. The van der Waals surface area contributed by atoms with Gasteiger partial charge in [0.2, 0.25) is 5.95 Å². The molecule has 6 nitrogen and oxygen atoms in total. The summed E-state index contributed by atoms with van der Waals surface area (Å²) in [6, 6.07) is 12.9. The van der Waals surface area contributed by atoms with Crippen molar-refractivity contribution in [3.05, 3.63) is 72.3 Å². The molecule has 0 aliphatic carbocycles. The second-order valence-corrected chi connectivity index (χ2v) is 6.07. The zero-order valence-electron chi connectivity index (χ0n) is 14.9. The summed E-state index contributed by atoms with van der Waals surface area (Å²) < 4.78 is 18.5. The molecule has 1 heterocycles. The standard InChI is InChI=1S/C20H19FN4O2/c1-13(2)27-18-9-7-17(8-10-18)25-20-22-11-14(12-23-20)19(26)24-16-5-3-15(21)4-6-16/h3-13H,1-2H3,(H,24,26)(H,22,23,25). The Morgan fingerprint density at radius 3 is 2.15 bits per heavy atom. The number of carbonyl (C=O) groups excluding carboxylic acids is 1. The lowest BCUT2D eigenvalue weighted by Crippen LogP contribution is -2.13. The van der Waals surface area contributed by atoms with Crippen LogP contribution in [0.3, 0.4) is 0 Å². The van der Waals surface area contributed by atoms with Crippen LogP contribution in [0.5, 0.6) is 5.75 Å². The van der Waals surface area contributed by atoms with Crippen molar-refractivity contribution in [2.24, 2.45) is 0 Å². The van der Waals surface area contributed by atoms with Crippen LogP contribution in [0.1, 0.15) is 24.2 Å². The number of benzene rings is 2. The van der Waals surface area contributed by atoms with Crippen LogP contribution in [0.25, 0.3) is 0 Å². The highest BCUT2D eigenvalue weighted by Crippen LogP contribution is 2.19. The van der Waals surface area contributed by atoms with Crippen molar-refractivity contribution in [2.45, 2.75) is 20.0 Å². The second-order valence-electron chi connectivity index (χ2n) is 6.07. The van der Waals surface area contributed by atoms with Crippen LogP contribution < -0.4 is 15.4 Å². The smallest absolute Gasteiger partial charge is 0.258 e. The quantitative estimate of drug-likeness (QED) is 0.676. The zero-order chi connectivity index (χ0) is 19.2. The number of ether oxygens (including phenoxy) is 1. The van der Waals surface area contributed by atoms with Gasteiger partial charge in [0.15, 0.2) is 0 Å². The average Bonchev–Trinajstić information content (AvgIpc) is 2.65. The molecule has 0 aliphatic heterocycles. The minimum absolute atomic E-state index is 0.112. The number of rotatable bonds is 6. The Morgan fingerprint density at radius 2 is 1.56 bits per heavy atom. The van der Waals surface area contributed by atoms with Crippen LogP contribution in [-0.2, 0) is 0 Å². The second kappa shape index (κ2) is 8.27. The van der Waals surface area contributed by atoms with E-state index in [0.29, 0.717) is 17.2 Å². The van der Waals surface area contributed by atoms with Crippen LogP contribution >= 0.6 is 0 Å². The number of carbonyl (C=O) groups is 1. The molecule has 2 aromatic carbocycles. The summed E-state index contributed by atoms with van der Waals surface area (Å²) >= 11 is 0. The lowest BCUT2D eigenvalue weighted by atomic mass is 10.2. The Bertz CT molecular complexity index is 895. The number of hydrogen-bond acceptors (Lipinski definition) is 5. The Kier molecular flexibility index (Phi) is 5.61. The molecule has 0 bridgehead atoms. The number of hydrogen-bond donors (Lipinski definition) is 2. The predicted molar refractivity (Wildman–Crippen MR) is 102 cm³/mol. The number of anilines is 3. The van der Waals surface area contributed by atoms with E-state index in [0.717, 1.165) is 11.4 Å². The van der Waals surface area contributed by atoms with Gasteiger partial charge in [0.25, 0.3) is 5.91 Å². The van der Waals surface area contributed by atoms with E-state index >= 15 is 0 Å². The zero-order valence-corrected chi connectivity index (χ0v) is 14.9. The van der Waals surface area contributed by atoms with E-state index in [9.17, 15) is 9.18 Å². The van der Waals surface area contributed by atoms with E-state index in [2.05, 4.69) is 20.6 Å². The molecule has 0 unspecified atom stereocenters. The van der Waals surface area contributed by atoms with Gasteiger partial charge in [-0.05, 0) is 62.4 Å². The maximum atomic E-state index is 12.9. The van der Waals surface area contributed by atoms with E-state index in [-0.39, 0.29) is 17.8 Å². The first kappa shape index (κ1) is 18.3. The van der Waals surface area contributed by atoms with E-state index in [1.165, 1.54) is 36.7 Å². The fourth-order valence-electron chi connectivity index (χ4n) is 2.26. The summed E-state index contributed by atoms with van der Waals surface area (Å²) in [7, 11) is 0. The minimum atomic E-state index is -0.372. The van der Waals surface area contributed by atoms with E-state index in [1.54, 1.807) is 0 Å². The van der Waals surface area contributed by atoms with Crippen molar-refractivity contribution in [3.63, 3.8) is 0 Å². The Balaban J connectivity index is 1.61. The Morgan fingerprint density at radius 1 is 0.963 bits per heavy atom. The van der Waals surface area contributed by atoms with Gasteiger partial charge in [0, 0.05) is 23.8 Å². The molecule has 1 aromatic heterocycles. The average molecular weight is 366 g/mol. The van der Waals surface area contributed by atoms with Gasteiger partial charge >= 0.3 is 0 Å². The van der Waals surface area contributed by atoms with E-state index in [4.69, 9.17) is 4.74 Å². The van der Waals surface area contributed by atoms with Gasteiger partial charge in [0.1, 0.15) is 11.6 Å². The molecule has 2 N–H and O–H groups in total. The number of halogens is 1. The molecule has 3 rings (SSSR count). The summed E-state index contributed by atoms with van der Waals surface area (Å²) in [5.41, 5.74) is 1.59. The van der Waals surface area contributed by atoms with Gasteiger partial charge < -0.3 is 15.4 Å². The molecule has 0 saturated heterocycles. The first-order chi connectivity index (χ1) is 13.0. The highest BCUT2D eigenvalue weighted by molar-refractivity contribution is 6.03. The summed E-state index contributed by atoms with van der Waals surface area (Å²) in [4.78, 5) is 20.5. The van der Waals surface area contributed by atoms with Crippen LogP contribution in [0.2, 0.25) is 0 Å². The number of nitrogens with one attached hydrogen (secondary N) is 2. The third-order valence-corrected chi connectivity index (χ3v) is 3.50. The Hall–Kier alpha value is -3.48. The maximum absolute atomic E-state index is 12.9. The van der Waals surface area contributed by atoms with Gasteiger partial charge in [-0.15, -0.1) is 0 Å². The lowest BCUT2D eigenvalue weighted by molar-refractivity contribution is 0.102. The minimum Gasteiger partial charge on any atom is -0.491 e. The van der Waals surface area contributed by atoms with Crippen LogP contribution in [0, 0.1) is 5.82 Å². The molecule has 0 radical (unpaired) electrons. The molecule has 27 heavy (non-hydrogen) atoms. The van der Waals surface area contributed by atoms with E-state index in [1.807, 2.05) is 38.1 Å². The highest BCUT2D eigenvalue weighted by atomic mass is 19.1. The van der Waals surface area contributed by atoms with Crippen molar-refractivity contribution in [3.8, 4) is 5.75 Å². The maximum Gasteiger partial charge on any atom is 0.258 e. The number of aromatic nitrogens is 2.